The minimum Gasteiger partial charge on any atom is -0.486 e. The van der Waals surface area contributed by atoms with Gasteiger partial charge < -0.3 is 25.4 Å². The van der Waals surface area contributed by atoms with E-state index in [0.717, 1.165) is 0 Å². The smallest absolute Gasteiger partial charge is 0.240 e. The lowest BCUT2D eigenvalue weighted by atomic mass is 10.0. The van der Waals surface area contributed by atoms with Crippen LogP contribution in [0, 0.1) is 5.41 Å². The van der Waals surface area contributed by atoms with E-state index in [1.165, 1.54) is 6.92 Å². The maximum Gasteiger partial charge on any atom is 0.240 e. The third kappa shape index (κ3) is 4.01. The van der Waals surface area contributed by atoms with Crippen molar-refractivity contribution in [2.75, 3.05) is 29.2 Å². The summed E-state index contributed by atoms with van der Waals surface area (Å²) in [6.07, 6.45) is 0.971. The molecule has 0 spiro atoms. The van der Waals surface area contributed by atoms with E-state index in [2.05, 4.69) is 16.0 Å². The molecule has 2 aliphatic rings. The van der Waals surface area contributed by atoms with Crippen LogP contribution in [-0.2, 0) is 14.4 Å². The summed E-state index contributed by atoms with van der Waals surface area (Å²) in [5, 5.41) is 8.25. The summed E-state index contributed by atoms with van der Waals surface area (Å²) in [4.78, 5) is 36.6. The summed E-state index contributed by atoms with van der Waals surface area (Å²) in [5.74, 6) is 0.342. The molecular formula is C21H21N3O5. The van der Waals surface area contributed by atoms with Crippen molar-refractivity contribution < 1.29 is 23.9 Å². The van der Waals surface area contributed by atoms with Gasteiger partial charge in [-0.1, -0.05) is 0 Å². The van der Waals surface area contributed by atoms with Crippen LogP contribution < -0.4 is 25.4 Å². The number of nitrogens with one attached hydrogen (secondary N) is 3. The highest BCUT2D eigenvalue weighted by Gasteiger charge is 2.56. The van der Waals surface area contributed by atoms with E-state index in [-0.39, 0.29) is 17.7 Å². The molecule has 4 rings (SSSR count). The molecule has 8 nitrogen and oxygen atoms in total. The number of anilines is 3. The second kappa shape index (κ2) is 7.46. The van der Waals surface area contributed by atoms with Crippen LogP contribution >= 0.6 is 0 Å². The number of hydrogen-bond donors (Lipinski definition) is 3. The standard InChI is InChI=1S/C21H21N3O5/c1-13(25)22-14-2-4-15(5-3-14)23-19(26)21(8-9-21)20(27)24-16-6-7-17-18(12-16)29-11-10-28-17/h2-7,12H,8-11H2,1H3,(H,22,25)(H,23,26)(H,24,27). The fraction of sp³-hybridized carbons (Fsp3) is 0.286. The zero-order chi connectivity index (χ0) is 20.4. The zero-order valence-electron chi connectivity index (χ0n) is 15.9. The number of fused-ring (bicyclic) bond motifs is 1. The van der Waals surface area contributed by atoms with Crippen LogP contribution in [0.4, 0.5) is 17.1 Å². The quantitative estimate of drug-likeness (QED) is 0.675. The van der Waals surface area contributed by atoms with Crippen molar-refractivity contribution in [2.45, 2.75) is 19.8 Å². The zero-order valence-corrected chi connectivity index (χ0v) is 15.9. The average molecular weight is 395 g/mol. The number of carbonyl (C=O) groups is 3. The summed E-state index contributed by atoms with van der Waals surface area (Å²) in [6.45, 7) is 2.37. The molecule has 2 aromatic rings. The predicted molar refractivity (Wildman–Crippen MR) is 107 cm³/mol. The van der Waals surface area contributed by atoms with Gasteiger partial charge in [0, 0.05) is 30.1 Å². The molecule has 0 bridgehead atoms. The van der Waals surface area contributed by atoms with Crippen LogP contribution in [0.25, 0.3) is 0 Å². The van der Waals surface area contributed by atoms with E-state index in [9.17, 15) is 14.4 Å². The molecule has 1 aliphatic carbocycles. The van der Waals surface area contributed by atoms with Gasteiger partial charge in [0.1, 0.15) is 18.6 Å². The second-order valence-electron chi connectivity index (χ2n) is 7.11. The first-order valence-electron chi connectivity index (χ1n) is 9.36. The normalized spacial score (nSPS) is 15.8. The topological polar surface area (TPSA) is 106 Å². The Bertz CT molecular complexity index is 967. The monoisotopic (exact) mass is 395 g/mol. The highest BCUT2D eigenvalue weighted by molar-refractivity contribution is 6.17. The van der Waals surface area contributed by atoms with Gasteiger partial charge in [0.25, 0.3) is 0 Å². The minimum absolute atomic E-state index is 0.172. The first-order valence-corrected chi connectivity index (χ1v) is 9.36. The number of rotatable bonds is 5. The summed E-state index contributed by atoms with van der Waals surface area (Å²) in [6, 6.07) is 11.9. The summed E-state index contributed by atoms with van der Waals surface area (Å²) in [5.41, 5.74) is 0.664. The first kappa shape index (κ1) is 18.8. The number of benzene rings is 2. The van der Waals surface area contributed by atoms with Crippen molar-refractivity contribution in [3.63, 3.8) is 0 Å². The highest BCUT2D eigenvalue weighted by Crippen LogP contribution is 2.47. The Hall–Kier alpha value is -3.55. The van der Waals surface area contributed by atoms with Crippen LogP contribution in [0.3, 0.4) is 0 Å². The van der Waals surface area contributed by atoms with Gasteiger partial charge >= 0.3 is 0 Å². The Morgan fingerprint density at radius 2 is 1.28 bits per heavy atom. The molecule has 0 saturated heterocycles. The minimum atomic E-state index is -1.08. The molecule has 3 N–H and O–H groups in total. The van der Waals surface area contributed by atoms with Gasteiger partial charge in [-0.2, -0.15) is 0 Å². The Morgan fingerprint density at radius 1 is 0.759 bits per heavy atom. The molecule has 0 radical (unpaired) electrons. The van der Waals surface area contributed by atoms with E-state index < -0.39 is 5.41 Å². The molecule has 8 heteroatoms. The molecule has 3 amide bonds. The van der Waals surface area contributed by atoms with Gasteiger partial charge in [-0.15, -0.1) is 0 Å². The lowest BCUT2D eigenvalue weighted by Crippen LogP contribution is -2.35. The Labute approximate surface area is 167 Å². The number of carbonyl (C=O) groups excluding carboxylic acids is 3. The van der Waals surface area contributed by atoms with E-state index in [4.69, 9.17) is 9.47 Å². The van der Waals surface area contributed by atoms with E-state index >= 15 is 0 Å². The third-order valence-corrected chi connectivity index (χ3v) is 4.88. The van der Waals surface area contributed by atoms with Crippen molar-refractivity contribution in [3.05, 3.63) is 42.5 Å². The van der Waals surface area contributed by atoms with Crippen LogP contribution in [-0.4, -0.2) is 30.9 Å². The van der Waals surface area contributed by atoms with Crippen molar-refractivity contribution in [1.29, 1.82) is 0 Å². The van der Waals surface area contributed by atoms with Gasteiger partial charge in [-0.25, -0.2) is 0 Å². The predicted octanol–water partition coefficient (Wildman–Crippen LogP) is 2.77. The number of hydrogen-bond acceptors (Lipinski definition) is 5. The maximum atomic E-state index is 12.8. The lowest BCUT2D eigenvalue weighted by molar-refractivity contribution is -0.131. The third-order valence-electron chi connectivity index (χ3n) is 4.88. The summed E-state index contributed by atoms with van der Waals surface area (Å²) in [7, 11) is 0. The van der Waals surface area contributed by atoms with Gasteiger partial charge in [-0.3, -0.25) is 14.4 Å². The number of amides is 3. The molecular weight excluding hydrogens is 374 g/mol. The second-order valence-corrected chi connectivity index (χ2v) is 7.11. The molecule has 1 heterocycles. The average Bonchev–Trinajstić information content (AvgIpc) is 3.51. The fourth-order valence-corrected chi connectivity index (χ4v) is 3.14. The molecule has 0 atom stereocenters. The van der Waals surface area contributed by atoms with E-state index in [1.54, 1.807) is 42.5 Å². The molecule has 150 valence electrons. The Morgan fingerprint density at radius 3 is 1.86 bits per heavy atom. The van der Waals surface area contributed by atoms with Gasteiger partial charge in [0.15, 0.2) is 11.5 Å². The van der Waals surface area contributed by atoms with Crippen molar-refractivity contribution >= 4 is 34.8 Å². The molecule has 1 fully saturated rings. The first-order chi connectivity index (χ1) is 14.0. The summed E-state index contributed by atoms with van der Waals surface area (Å²) >= 11 is 0. The fourth-order valence-electron chi connectivity index (χ4n) is 3.14. The maximum absolute atomic E-state index is 12.8. The molecule has 29 heavy (non-hydrogen) atoms. The van der Waals surface area contributed by atoms with E-state index in [0.29, 0.717) is 54.6 Å². The highest BCUT2D eigenvalue weighted by atomic mass is 16.6. The van der Waals surface area contributed by atoms with Gasteiger partial charge in [0.05, 0.1) is 0 Å². The number of ether oxygens (including phenoxy) is 2. The molecule has 1 saturated carbocycles. The van der Waals surface area contributed by atoms with E-state index in [1.807, 2.05) is 0 Å². The van der Waals surface area contributed by atoms with Crippen LogP contribution in [0.15, 0.2) is 42.5 Å². The SMILES string of the molecule is CC(=O)Nc1ccc(NC(=O)C2(C(=O)Nc3ccc4c(c3)OCCO4)CC2)cc1. The largest absolute Gasteiger partial charge is 0.486 e. The Kier molecular flexibility index (Phi) is 4.84. The summed E-state index contributed by atoms with van der Waals surface area (Å²) < 4.78 is 11.0. The van der Waals surface area contributed by atoms with Gasteiger partial charge in [0.2, 0.25) is 17.7 Å². The van der Waals surface area contributed by atoms with Crippen LogP contribution in [0.2, 0.25) is 0 Å². The molecule has 1 aliphatic heterocycles. The Balaban J connectivity index is 1.41. The van der Waals surface area contributed by atoms with Crippen molar-refractivity contribution in [1.82, 2.24) is 0 Å². The van der Waals surface area contributed by atoms with Crippen molar-refractivity contribution in [2.24, 2.45) is 5.41 Å². The molecule has 2 aromatic carbocycles. The van der Waals surface area contributed by atoms with Gasteiger partial charge in [-0.05, 0) is 49.2 Å². The van der Waals surface area contributed by atoms with Crippen molar-refractivity contribution in [3.8, 4) is 11.5 Å². The lowest BCUT2D eigenvalue weighted by Gasteiger charge is -2.20. The molecule has 0 unspecified atom stereocenters. The molecule has 0 aromatic heterocycles. The van der Waals surface area contributed by atoms with Crippen LogP contribution in [0.1, 0.15) is 19.8 Å². The van der Waals surface area contributed by atoms with Crippen LogP contribution in [0.5, 0.6) is 11.5 Å².